The Morgan fingerprint density at radius 2 is 2.06 bits per heavy atom. The van der Waals surface area contributed by atoms with Crippen LogP contribution in [-0.2, 0) is 6.18 Å². The number of alkyl halides is 3. The molecule has 0 amide bonds. The molecule has 0 aliphatic rings. The van der Waals surface area contributed by atoms with Gasteiger partial charge in [0.2, 0.25) is 0 Å². The highest BCUT2D eigenvalue weighted by molar-refractivity contribution is 7.80. The number of carbonyl (C=O) groups excluding carboxylic acids is 1. The number of aldehydes is 1. The minimum Gasteiger partial charge on any atom is -0.298 e. The van der Waals surface area contributed by atoms with E-state index in [0.29, 0.717) is 6.29 Å². The number of halogens is 3. The van der Waals surface area contributed by atoms with Crippen molar-refractivity contribution in [3.63, 3.8) is 0 Å². The summed E-state index contributed by atoms with van der Waals surface area (Å²) in [5.74, 6) is 4.97. The van der Waals surface area contributed by atoms with Crippen LogP contribution in [-0.4, -0.2) is 12.0 Å². The Morgan fingerprint density at radius 3 is 2.56 bits per heavy atom. The summed E-state index contributed by atoms with van der Waals surface area (Å²) < 4.78 is 37.8. The molecule has 0 radical (unpaired) electrons. The summed E-state index contributed by atoms with van der Waals surface area (Å²) in [6.45, 7) is 0. The van der Waals surface area contributed by atoms with Gasteiger partial charge in [-0.05, 0) is 12.1 Å². The van der Waals surface area contributed by atoms with Crippen LogP contribution in [0.1, 0.15) is 21.5 Å². The quantitative estimate of drug-likeness (QED) is 0.456. The summed E-state index contributed by atoms with van der Waals surface area (Å²) >= 11 is 3.79. The molecule has 0 aromatic heterocycles. The van der Waals surface area contributed by atoms with Crippen LogP contribution in [0.2, 0.25) is 0 Å². The molecule has 0 fully saturated rings. The van der Waals surface area contributed by atoms with Crippen molar-refractivity contribution in [1.82, 2.24) is 0 Å². The Kier molecular flexibility index (Phi) is 4.02. The fraction of sp³-hybridized carbons (Fsp3) is 0.182. The Labute approximate surface area is 96.1 Å². The molecular formula is C11H7F3OS. The van der Waals surface area contributed by atoms with Crippen LogP contribution in [0, 0.1) is 11.8 Å². The van der Waals surface area contributed by atoms with Crippen LogP contribution < -0.4 is 0 Å². The van der Waals surface area contributed by atoms with Crippen molar-refractivity contribution in [3.05, 3.63) is 34.9 Å². The highest BCUT2D eigenvalue weighted by Gasteiger charge is 2.33. The summed E-state index contributed by atoms with van der Waals surface area (Å²) in [4.78, 5) is 10.4. The third-order valence-electron chi connectivity index (χ3n) is 1.79. The van der Waals surface area contributed by atoms with Crippen molar-refractivity contribution >= 4 is 18.9 Å². The van der Waals surface area contributed by atoms with Crippen LogP contribution in [0.3, 0.4) is 0 Å². The topological polar surface area (TPSA) is 17.1 Å². The average Bonchev–Trinajstić information content (AvgIpc) is 2.25. The second-order valence-corrected chi connectivity index (χ2v) is 3.20. The number of carbonyl (C=O) groups is 1. The van der Waals surface area contributed by atoms with Crippen molar-refractivity contribution in [2.24, 2.45) is 0 Å². The molecule has 0 heterocycles. The van der Waals surface area contributed by atoms with Crippen LogP contribution in [0.4, 0.5) is 13.2 Å². The molecule has 16 heavy (non-hydrogen) atoms. The number of hydrogen-bond donors (Lipinski definition) is 1. The summed E-state index contributed by atoms with van der Waals surface area (Å²) in [5, 5.41) is 0. The molecule has 0 aliphatic carbocycles. The third-order valence-corrected chi connectivity index (χ3v) is 1.95. The van der Waals surface area contributed by atoms with E-state index in [2.05, 4.69) is 24.5 Å². The van der Waals surface area contributed by atoms with Gasteiger partial charge in [-0.1, -0.05) is 17.9 Å². The first-order valence-corrected chi connectivity index (χ1v) is 4.88. The van der Waals surface area contributed by atoms with E-state index >= 15 is 0 Å². The van der Waals surface area contributed by atoms with Gasteiger partial charge in [0.1, 0.15) is 6.29 Å². The Morgan fingerprint density at radius 1 is 1.38 bits per heavy atom. The third kappa shape index (κ3) is 3.04. The molecule has 1 nitrogen and oxygen atoms in total. The second kappa shape index (κ2) is 5.08. The Bertz CT molecular complexity index is 455. The van der Waals surface area contributed by atoms with Crippen molar-refractivity contribution in [2.45, 2.75) is 6.18 Å². The van der Waals surface area contributed by atoms with Gasteiger partial charge in [0, 0.05) is 11.1 Å². The van der Waals surface area contributed by atoms with Crippen molar-refractivity contribution in [1.29, 1.82) is 0 Å². The van der Waals surface area contributed by atoms with Crippen LogP contribution in [0.15, 0.2) is 18.2 Å². The lowest BCUT2D eigenvalue weighted by molar-refractivity contribution is -0.137. The van der Waals surface area contributed by atoms with Gasteiger partial charge >= 0.3 is 6.18 Å². The molecule has 84 valence electrons. The van der Waals surface area contributed by atoms with Gasteiger partial charge in [0.15, 0.2) is 0 Å². The molecule has 0 atom stereocenters. The number of benzene rings is 1. The summed E-state index contributed by atoms with van der Waals surface area (Å²) in [6, 6.07) is 3.27. The zero-order chi connectivity index (χ0) is 12.2. The number of thiol groups is 1. The molecule has 1 aromatic rings. The highest BCUT2D eigenvalue weighted by atomic mass is 32.1. The molecule has 0 aliphatic heterocycles. The smallest absolute Gasteiger partial charge is 0.298 e. The van der Waals surface area contributed by atoms with E-state index in [-0.39, 0.29) is 16.9 Å². The van der Waals surface area contributed by atoms with E-state index in [1.807, 2.05) is 0 Å². The Hall–Kier alpha value is -1.41. The maximum absolute atomic E-state index is 12.6. The first-order valence-electron chi connectivity index (χ1n) is 4.25. The first-order chi connectivity index (χ1) is 7.49. The first kappa shape index (κ1) is 12.7. The fourth-order valence-electron chi connectivity index (χ4n) is 1.11. The van der Waals surface area contributed by atoms with E-state index in [4.69, 9.17) is 0 Å². The van der Waals surface area contributed by atoms with Crippen molar-refractivity contribution in [3.8, 4) is 11.8 Å². The SMILES string of the molecule is O=Cc1ccc(C#CCS)c(C(F)(F)F)c1. The van der Waals surface area contributed by atoms with Crippen molar-refractivity contribution in [2.75, 3.05) is 5.75 Å². The predicted molar refractivity (Wildman–Crippen MR) is 57.6 cm³/mol. The van der Waals surface area contributed by atoms with Crippen LogP contribution in [0.25, 0.3) is 0 Å². The van der Waals surface area contributed by atoms with E-state index in [9.17, 15) is 18.0 Å². The predicted octanol–water partition coefficient (Wildman–Crippen LogP) is 2.80. The molecule has 1 aromatic carbocycles. The van der Waals surface area contributed by atoms with Gasteiger partial charge in [0.05, 0.1) is 11.3 Å². The van der Waals surface area contributed by atoms with Gasteiger partial charge in [-0.25, -0.2) is 0 Å². The van der Waals surface area contributed by atoms with Crippen LogP contribution >= 0.6 is 12.6 Å². The van der Waals surface area contributed by atoms with Gasteiger partial charge < -0.3 is 0 Å². The normalized spacial score (nSPS) is 10.5. The molecule has 5 heteroatoms. The van der Waals surface area contributed by atoms with Gasteiger partial charge in [-0.3, -0.25) is 4.79 Å². The molecule has 0 bridgehead atoms. The van der Waals surface area contributed by atoms with Gasteiger partial charge in [-0.2, -0.15) is 25.8 Å². The minimum atomic E-state index is -4.51. The zero-order valence-electron chi connectivity index (χ0n) is 8.01. The number of hydrogen-bond acceptors (Lipinski definition) is 2. The number of rotatable bonds is 1. The lowest BCUT2D eigenvalue weighted by Crippen LogP contribution is -2.08. The monoisotopic (exact) mass is 244 g/mol. The molecule has 0 spiro atoms. The molecule has 0 saturated heterocycles. The standard InChI is InChI=1S/C11H7F3OS/c12-11(13,14)10-6-8(7-15)3-4-9(10)2-1-5-16/h3-4,6-7,16H,5H2. The lowest BCUT2D eigenvalue weighted by atomic mass is 10.0. The summed E-state index contributed by atoms with van der Waals surface area (Å²) in [5.41, 5.74) is -1.07. The molecule has 0 unspecified atom stereocenters. The highest BCUT2D eigenvalue weighted by Crippen LogP contribution is 2.32. The molecule has 1 rings (SSSR count). The average molecular weight is 244 g/mol. The zero-order valence-corrected chi connectivity index (χ0v) is 8.90. The Balaban J connectivity index is 3.33. The molecule has 0 saturated carbocycles. The largest absolute Gasteiger partial charge is 0.417 e. The van der Waals surface area contributed by atoms with Gasteiger partial charge in [-0.15, -0.1) is 0 Å². The molecular weight excluding hydrogens is 237 g/mol. The molecule has 0 N–H and O–H groups in total. The van der Waals surface area contributed by atoms with Crippen LogP contribution in [0.5, 0.6) is 0 Å². The summed E-state index contributed by atoms with van der Waals surface area (Å²) in [7, 11) is 0. The fourth-order valence-corrected chi connectivity index (χ4v) is 1.19. The van der Waals surface area contributed by atoms with Gasteiger partial charge in [0.25, 0.3) is 0 Å². The summed E-state index contributed by atoms with van der Waals surface area (Å²) in [6.07, 6.45) is -4.15. The van der Waals surface area contributed by atoms with E-state index in [1.54, 1.807) is 0 Å². The van der Waals surface area contributed by atoms with E-state index in [1.165, 1.54) is 12.1 Å². The minimum absolute atomic E-state index is 0.0243. The van der Waals surface area contributed by atoms with Crippen molar-refractivity contribution < 1.29 is 18.0 Å². The maximum Gasteiger partial charge on any atom is 0.417 e. The second-order valence-electron chi connectivity index (χ2n) is 2.88. The van der Waals surface area contributed by atoms with E-state index in [0.717, 1.165) is 6.07 Å². The lowest BCUT2D eigenvalue weighted by Gasteiger charge is -2.09. The maximum atomic E-state index is 12.6. The van der Waals surface area contributed by atoms with E-state index < -0.39 is 11.7 Å².